The molecule has 1 aromatic heterocycles. The van der Waals surface area contributed by atoms with E-state index in [1.807, 2.05) is 0 Å². The van der Waals surface area contributed by atoms with E-state index in [-0.39, 0.29) is 5.41 Å². The monoisotopic (exact) mass is 775 g/mol. The van der Waals surface area contributed by atoms with E-state index in [2.05, 4.69) is 235 Å². The molecule has 286 valence electrons. The third-order valence-corrected chi connectivity index (χ3v) is 14.4. The third-order valence-electron chi connectivity index (χ3n) is 14.4. The molecule has 10 aromatic rings. The molecule has 0 bridgehead atoms. The van der Waals surface area contributed by atoms with Crippen molar-refractivity contribution in [1.82, 2.24) is 4.57 Å². The second kappa shape index (κ2) is 13.0. The van der Waals surface area contributed by atoms with Crippen LogP contribution in [0.25, 0.3) is 55.0 Å². The fraction of sp³-hybridized carbons (Fsp3) is 0.0667. The Bertz CT molecular complexity index is 3430. The maximum atomic E-state index is 2.44. The van der Waals surface area contributed by atoms with Crippen LogP contribution in [0.5, 0.6) is 0 Å². The van der Waals surface area contributed by atoms with E-state index in [4.69, 9.17) is 0 Å². The van der Waals surface area contributed by atoms with E-state index in [1.54, 1.807) is 0 Å². The number of aromatic nitrogens is 1. The lowest BCUT2D eigenvalue weighted by Gasteiger charge is -2.51. The van der Waals surface area contributed by atoms with Gasteiger partial charge in [-0.1, -0.05) is 200 Å². The van der Waals surface area contributed by atoms with Gasteiger partial charge in [0.25, 0.3) is 0 Å². The molecular weight excluding hydrogens is 735 g/mol. The van der Waals surface area contributed by atoms with Gasteiger partial charge in [0.1, 0.15) is 0 Å². The number of hydrogen-bond donors (Lipinski definition) is 0. The Morgan fingerprint density at radius 1 is 0.459 bits per heavy atom. The smallest absolute Gasteiger partial charge is 0.0708 e. The highest BCUT2D eigenvalue weighted by atomic mass is 15.0. The molecule has 0 amide bonds. The van der Waals surface area contributed by atoms with Gasteiger partial charge in [-0.3, -0.25) is 0 Å². The van der Waals surface area contributed by atoms with Crippen molar-refractivity contribution >= 4 is 38.2 Å². The first kappa shape index (κ1) is 34.4. The lowest BCUT2D eigenvalue weighted by molar-refractivity contribution is 0.454. The molecule has 0 radical (unpaired) electrons. The van der Waals surface area contributed by atoms with E-state index in [0.717, 1.165) is 6.42 Å². The van der Waals surface area contributed by atoms with Gasteiger partial charge in [0.05, 0.1) is 21.9 Å². The largest absolute Gasteiger partial charge is 0.309 e. The fourth-order valence-corrected chi connectivity index (χ4v) is 12.1. The van der Waals surface area contributed by atoms with Crippen LogP contribution in [-0.4, -0.2) is 4.57 Å². The minimum Gasteiger partial charge on any atom is -0.309 e. The summed E-state index contributed by atoms with van der Waals surface area (Å²) in [5.41, 5.74) is 17.5. The Morgan fingerprint density at radius 2 is 1.10 bits per heavy atom. The molecule has 13 rings (SSSR count). The number of hydrogen-bond acceptors (Lipinski definition) is 0. The van der Waals surface area contributed by atoms with Crippen LogP contribution < -0.4 is 0 Å². The van der Waals surface area contributed by atoms with Gasteiger partial charge in [-0.15, -0.1) is 0 Å². The summed E-state index contributed by atoms with van der Waals surface area (Å²) < 4.78 is 2.42. The summed E-state index contributed by atoms with van der Waals surface area (Å²) in [5.74, 6) is 0.299. The molecule has 3 aliphatic rings. The SMILES string of the molecule is C1=CCC2C(=C1)c1cccc3c1C2(c1ccccc1)c1ccccc1C3(c1ccccc1)c1ccc(-c2ccc3c(c2)c2c4ccccc4ccc2n3-c2ccccc2)cc1. The van der Waals surface area contributed by atoms with Crippen LogP contribution in [0.2, 0.25) is 0 Å². The molecule has 0 aliphatic heterocycles. The molecule has 0 N–H and O–H groups in total. The van der Waals surface area contributed by atoms with Crippen molar-refractivity contribution in [2.45, 2.75) is 17.3 Å². The normalized spacial score (nSPS) is 19.7. The quantitative estimate of drug-likeness (QED) is 0.164. The zero-order valence-corrected chi connectivity index (χ0v) is 33.7. The molecule has 3 aliphatic carbocycles. The first-order valence-electron chi connectivity index (χ1n) is 21.6. The Balaban J connectivity index is 1.06. The van der Waals surface area contributed by atoms with Crippen molar-refractivity contribution in [2.24, 2.45) is 5.92 Å². The fourth-order valence-electron chi connectivity index (χ4n) is 12.1. The number of rotatable bonds is 5. The molecule has 0 spiro atoms. The van der Waals surface area contributed by atoms with Crippen LogP contribution >= 0.6 is 0 Å². The minimum atomic E-state index is -0.548. The van der Waals surface area contributed by atoms with E-state index >= 15 is 0 Å². The summed E-state index contributed by atoms with van der Waals surface area (Å²) in [4.78, 5) is 0. The summed E-state index contributed by atoms with van der Waals surface area (Å²) in [5, 5.41) is 5.09. The van der Waals surface area contributed by atoms with E-state index < -0.39 is 5.41 Å². The summed E-state index contributed by atoms with van der Waals surface area (Å²) >= 11 is 0. The highest BCUT2D eigenvalue weighted by Crippen LogP contribution is 2.67. The summed E-state index contributed by atoms with van der Waals surface area (Å²) in [7, 11) is 0. The van der Waals surface area contributed by atoms with Gasteiger partial charge in [-0.05, 0) is 109 Å². The van der Waals surface area contributed by atoms with E-state index in [0.29, 0.717) is 5.92 Å². The van der Waals surface area contributed by atoms with Crippen LogP contribution in [0, 0.1) is 5.92 Å². The molecule has 1 heterocycles. The molecule has 9 aromatic carbocycles. The highest BCUT2D eigenvalue weighted by molar-refractivity contribution is 6.21. The number of allylic oxidation sites excluding steroid dienone is 4. The summed E-state index contributed by atoms with van der Waals surface area (Å²) in [6, 6.07) is 79.9. The molecule has 0 saturated carbocycles. The van der Waals surface area contributed by atoms with E-state index in [9.17, 15) is 0 Å². The molecular formula is C60H41N. The van der Waals surface area contributed by atoms with Crippen LogP contribution in [0.1, 0.15) is 50.9 Å². The van der Waals surface area contributed by atoms with Crippen molar-refractivity contribution in [3.63, 3.8) is 0 Å². The summed E-state index contributed by atoms with van der Waals surface area (Å²) in [6.45, 7) is 0. The molecule has 3 atom stereocenters. The van der Waals surface area contributed by atoms with Crippen molar-refractivity contribution < 1.29 is 0 Å². The standard InChI is InChI=1S/C60H41N/c1-4-18-43(19-5-1)59(52-28-14-15-29-53(52)60(44-20-6-2-7-21-44)51-27-13-12-25-48(51)49-26-16-30-54(59)58(49)60)45-35-31-40(32-36-45)42-34-37-55-50(39-42)57-47-24-11-10-17-41(47)33-38-56(57)61(55)46-22-8-3-9-23-46/h1-26,28-39,51H,27H2. The third kappa shape index (κ3) is 4.56. The minimum absolute atomic E-state index is 0.299. The van der Waals surface area contributed by atoms with Gasteiger partial charge >= 0.3 is 0 Å². The van der Waals surface area contributed by atoms with E-state index in [1.165, 1.54) is 99.5 Å². The lowest BCUT2D eigenvalue weighted by Crippen LogP contribution is -2.46. The maximum absolute atomic E-state index is 2.44. The topological polar surface area (TPSA) is 4.93 Å². The second-order valence-corrected chi connectivity index (χ2v) is 17.1. The summed E-state index contributed by atoms with van der Waals surface area (Å²) in [6.07, 6.45) is 8.05. The van der Waals surface area contributed by atoms with Crippen molar-refractivity contribution in [1.29, 1.82) is 0 Å². The number of fused-ring (bicyclic) bond motifs is 10. The van der Waals surface area contributed by atoms with Gasteiger partial charge in [-0.25, -0.2) is 0 Å². The number of benzene rings is 9. The zero-order valence-electron chi connectivity index (χ0n) is 33.7. The van der Waals surface area contributed by atoms with Gasteiger partial charge in [0, 0.05) is 22.4 Å². The molecule has 3 unspecified atom stereocenters. The first-order chi connectivity index (χ1) is 30.3. The van der Waals surface area contributed by atoms with Crippen LogP contribution in [0.4, 0.5) is 0 Å². The molecule has 61 heavy (non-hydrogen) atoms. The Hall–Kier alpha value is -7.48. The predicted molar refractivity (Wildman–Crippen MR) is 254 cm³/mol. The second-order valence-electron chi connectivity index (χ2n) is 17.1. The average molecular weight is 776 g/mol. The van der Waals surface area contributed by atoms with Crippen LogP contribution in [0.3, 0.4) is 0 Å². The van der Waals surface area contributed by atoms with Gasteiger partial charge in [-0.2, -0.15) is 0 Å². The van der Waals surface area contributed by atoms with Crippen molar-refractivity contribution in [3.8, 4) is 16.8 Å². The first-order valence-corrected chi connectivity index (χ1v) is 21.6. The molecule has 1 nitrogen and oxygen atoms in total. The molecule has 1 heteroatoms. The van der Waals surface area contributed by atoms with Crippen molar-refractivity contribution in [2.75, 3.05) is 0 Å². The highest BCUT2D eigenvalue weighted by Gasteiger charge is 2.60. The maximum Gasteiger partial charge on any atom is 0.0708 e. The predicted octanol–water partition coefficient (Wildman–Crippen LogP) is 14.6. The number of nitrogens with zero attached hydrogens (tertiary/aromatic N) is 1. The number of para-hydroxylation sites is 1. The van der Waals surface area contributed by atoms with Crippen LogP contribution in [-0.2, 0) is 10.8 Å². The Kier molecular flexibility index (Phi) is 7.33. The molecule has 0 saturated heterocycles. The van der Waals surface area contributed by atoms with Crippen LogP contribution in [0.15, 0.2) is 231 Å². The Labute approximate surface area is 356 Å². The Morgan fingerprint density at radius 3 is 1.90 bits per heavy atom. The average Bonchev–Trinajstić information content (AvgIpc) is 3.84. The van der Waals surface area contributed by atoms with Crippen molar-refractivity contribution in [3.05, 3.63) is 275 Å². The lowest BCUT2D eigenvalue weighted by atomic mass is 9.50. The van der Waals surface area contributed by atoms with Gasteiger partial charge < -0.3 is 4.57 Å². The zero-order chi connectivity index (χ0) is 40.1. The van der Waals surface area contributed by atoms with Gasteiger partial charge in [0.2, 0.25) is 0 Å². The molecule has 0 fully saturated rings. The van der Waals surface area contributed by atoms with Gasteiger partial charge in [0.15, 0.2) is 0 Å².